The normalized spacial score (nSPS) is 12.6. The zero-order valence-corrected chi connectivity index (χ0v) is 22.7. The number of pyridine rings is 1. The van der Waals surface area contributed by atoms with E-state index in [1.165, 1.54) is 24.4 Å². The van der Waals surface area contributed by atoms with Gasteiger partial charge in [-0.25, -0.2) is 19.0 Å². The molecule has 1 unspecified atom stereocenters. The summed E-state index contributed by atoms with van der Waals surface area (Å²) in [6.07, 6.45) is 0.801. The maximum absolute atomic E-state index is 14.0. The Kier molecular flexibility index (Phi) is 8.46. The molecule has 1 heterocycles. The van der Waals surface area contributed by atoms with Crippen molar-refractivity contribution < 1.29 is 33.4 Å². The molecule has 2 aromatic carbocycles. The van der Waals surface area contributed by atoms with Gasteiger partial charge in [-0.05, 0) is 95.8 Å². The van der Waals surface area contributed by atoms with Crippen LogP contribution in [0.5, 0.6) is 5.75 Å². The monoisotopic (exact) mass is 527 g/mol. The van der Waals surface area contributed by atoms with Crippen molar-refractivity contribution in [2.75, 3.05) is 17.0 Å². The predicted molar refractivity (Wildman–Crippen MR) is 143 cm³/mol. The zero-order chi connectivity index (χ0) is 28.3. The molecule has 0 aliphatic carbocycles. The lowest BCUT2D eigenvalue weighted by Crippen LogP contribution is -2.42. The number of hydrogen-bond donors (Lipinski definition) is 2. The van der Waals surface area contributed by atoms with E-state index in [0.29, 0.717) is 22.0 Å². The lowest BCUT2D eigenvalue weighted by atomic mass is 10.1. The van der Waals surface area contributed by atoms with Gasteiger partial charge >= 0.3 is 12.1 Å². The maximum atomic E-state index is 14.0. The molecule has 1 aromatic heterocycles. The number of benzene rings is 2. The third kappa shape index (κ3) is 7.32. The van der Waals surface area contributed by atoms with Crippen molar-refractivity contribution >= 4 is 34.3 Å². The van der Waals surface area contributed by atoms with Gasteiger partial charge in [0, 0.05) is 17.3 Å². The van der Waals surface area contributed by atoms with E-state index in [9.17, 15) is 19.1 Å². The number of carbonyl (C=O) groups excluding carboxylic acids is 1. The number of nitrogens with one attached hydrogen (secondary N) is 1. The number of hydrogen-bond acceptors (Lipinski definition) is 7. The van der Waals surface area contributed by atoms with Crippen molar-refractivity contribution in [1.29, 1.82) is 0 Å². The predicted octanol–water partition coefficient (Wildman–Crippen LogP) is 6.48. The number of fused-ring (bicyclic) bond motifs is 1. The molecule has 204 valence electrons. The molecule has 0 aliphatic rings. The lowest BCUT2D eigenvalue weighted by molar-refractivity contribution is -0.138. The summed E-state index contributed by atoms with van der Waals surface area (Å²) in [4.78, 5) is 35.5. The largest absolute Gasteiger partial charge is 0.491 e. The van der Waals surface area contributed by atoms with E-state index < -0.39 is 35.1 Å². The van der Waals surface area contributed by atoms with Crippen LogP contribution >= 0.6 is 0 Å². The van der Waals surface area contributed by atoms with Gasteiger partial charge in [-0.2, -0.15) is 0 Å². The topological polar surface area (TPSA) is 110 Å². The van der Waals surface area contributed by atoms with Crippen LogP contribution in [0.15, 0.2) is 48.7 Å². The molecule has 0 aliphatic heterocycles. The quantitative estimate of drug-likeness (QED) is 0.320. The molecule has 1 amide bonds. The SMILES string of the molecule is CCOc1cc(C(Nc2ccc3c(N(OC(C)(C)C)C(=O)OC(C)(C)C)nccc3c2)C(=O)O)ccc1F. The standard InChI is InChI=1S/C28H34FN3O6/c1-8-36-22-16-18(9-12-21(22)29)23(25(33)34)31-19-10-11-20-17(15-19)13-14-30-24(20)32(38-28(5,6)7)26(35)37-27(2,3)4/h9-16,23,31H,8H2,1-7H3,(H,33,34). The van der Waals surface area contributed by atoms with Crippen LogP contribution in [-0.4, -0.2) is 40.0 Å². The van der Waals surface area contributed by atoms with Crippen molar-refractivity contribution in [3.8, 4) is 5.75 Å². The highest BCUT2D eigenvalue weighted by Gasteiger charge is 2.31. The minimum Gasteiger partial charge on any atom is -0.491 e. The third-order valence-corrected chi connectivity index (χ3v) is 5.01. The first-order chi connectivity index (χ1) is 17.7. The van der Waals surface area contributed by atoms with Gasteiger partial charge < -0.3 is 19.9 Å². The Hall–Kier alpha value is -3.92. The summed E-state index contributed by atoms with van der Waals surface area (Å²) < 4.78 is 24.9. The van der Waals surface area contributed by atoms with E-state index in [1.54, 1.807) is 72.7 Å². The second-order valence-electron chi connectivity index (χ2n) is 10.6. The molecule has 2 N–H and O–H groups in total. The fraction of sp³-hybridized carbons (Fsp3) is 0.393. The Balaban J connectivity index is 1.99. The summed E-state index contributed by atoms with van der Waals surface area (Å²) in [5.74, 6) is -1.51. The number of ether oxygens (including phenoxy) is 2. The van der Waals surface area contributed by atoms with Crippen molar-refractivity contribution in [2.45, 2.75) is 65.7 Å². The van der Waals surface area contributed by atoms with Crippen molar-refractivity contribution in [2.24, 2.45) is 0 Å². The lowest BCUT2D eigenvalue weighted by Gasteiger charge is -2.31. The number of carbonyl (C=O) groups is 2. The summed E-state index contributed by atoms with van der Waals surface area (Å²) in [7, 11) is 0. The Labute approximate surface area is 221 Å². The molecule has 3 rings (SSSR count). The van der Waals surface area contributed by atoms with Crippen LogP contribution in [0.1, 0.15) is 60.1 Å². The number of aromatic nitrogens is 1. The first-order valence-corrected chi connectivity index (χ1v) is 12.2. The van der Waals surface area contributed by atoms with Gasteiger partial charge in [0.2, 0.25) is 0 Å². The average Bonchev–Trinajstić information content (AvgIpc) is 2.80. The molecule has 0 saturated heterocycles. The Morgan fingerprint density at radius 2 is 1.76 bits per heavy atom. The number of aliphatic carboxylic acids is 1. The Morgan fingerprint density at radius 3 is 2.37 bits per heavy atom. The van der Waals surface area contributed by atoms with E-state index in [1.807, 2.05) is 0 Å². The van der Waals surface area contributed by atoms with E-state index in [-0.39, 0.29) is 18.2 Å². The summed E-state index contributed by atoms with van der Waals surface area (Å²) in [6, 6.07) is 9.61. The van der Waals surface area contributed by atoms with Crippen LogP contribution in [0, 0.1) is 5.82 Å². The first kappa shape index (κ1) is 28.6. The number of carboxylic acid groups (broad SMARTS) is 1. The highest BCUT2D eigenvalue weighted by molar-refractivity contribution is 5.99. The van der Waals surface area contributed by atoms with E-state index >= 15 is 0 Å². The number of amides is 1. The second kappa shape index (κ2) is 11.2. The number of rotatable bonds is 8. The fourth-order valence-corrected chi connectivity index (χ4v) is 3.58. The molecular formula is C28H34FN3O6. The van der Waals surface area contributed by atoms with Gasteiger partial charge in [0.25, 0.3) is 0 Å². The fourth-order valence-electron chi connectivity index (χ4n) is 3.58. The summed E-state index contributed by atoms with van der Waals surface area (Å²) >= 11 is 0. The molecule has 0 radical (unpaired) electrons. The molecule has 38 heavy (non-hydrogen) atoms. The van der Waals surface area contributed by atoms with E-state index in [0.717, 1.165) is 5.06 Å². The van der Waals surface area contributed by atoms with Crippen LogP contribution in [0.2, 0.25) is 0 Å². The smallest absolute Gasteiger partial charge is 0.440 e. The molecule has 3 aromatic rings. The molecule has 1 atom stereocenters. The summed E-state index contributed by atoms with van der Waals surface area (Å²) in [5, 5.41) is 15.2. The number of anilines is 2. The average molecular weight is 528 g/mol. The first-order valence-electron chi connectivity index (χ1n) is 12.2. The van der Waals surface area contributed by atoms with Gasteiger partial charge in [0.05, 0.1) is 12.2 Å². The minimum absolute atomic E-state index is 0.0200. The molecule has 10 heteroatoms. The summed E-state index contributed by atoms with van der Waals surface area (Å²) in [6.45, 7) is 12.6. The summed E-state index contributed by atoms with van der Waals surface area (Å²) in [5.41, 5.74) is -0.670. The number of hydroxylamine groups is 1. The van der Waals surface area contributed by atoms with Gasteiger partial charge in [0.15, 0.2) is 23.4 Å². The number of halogens is 1. The Bertz CT molecular complexity index is 1320. The highest BCUT2D eigenvalue weighted by atomic mass is 19.1. The third-order valence-electron chi connectivity index (χ3n) is 5.01. The molecule has 0 saturated carbocycles. The van der Waals surface area contributed by atoms with Crippen molar-refractivity contribution in [3.05, 3.63) is 60.0 Å². The van der Waals surface area contributed by atoms with E-state index in [4.69, 9.17) is 14.3 Å². The van der Waals surface area contributed by atoms with Gasteiger partial charge in [-0.1, -0.05) is 6.07 Å². The number of nitrogens with zero attached hydrogens (tertiary/aromatic N) is 2. The van der Waals surface area contributed by atoms with Crippen molar-refractivity contribution in [1.82, 2.24) is 4.98 Å². The van der Waals surface area contributed by atoms with Gasteiger partial charge in [0.1, 0.15) is 5.60 Å². The molecule has 0 bridgehead atoms. The molecular weight excluding hydrogens is 493 g/mol. The highest BCUT2D eigenvalue weighted by Crippen LogP contribution is 2.32. The van der Waals surface area contributed by atoms with Crippen LogP contribution in [-0.2, 0) is 14.4 Å². The number of carboxylic acids is 1. The van der Waals surface area contributed by atoms with E-state index in [2.05, 4.69) is 10.3 Å². The molecule has 0 fully saturated rings. The maximum Gasteiger partial charge on any atom is 0.440 e. The van der Waals surface area contributed by atoms with Crippen LogP contribution in [0.4, 0.5) is 20.7 Å². The molecule has 0 spiro atoms. The van der Waals surface area contributed by atoms with Crippen LogP contribution in [0.3, 0.4) is 0 Å². The second-order valence-corrected chi connectivity index (χ2v) is 10.6. The van der Waals surface area contributed by atoms with Gasteiger partial charge in [-0.15, -0.1) is 5.06 Å². The zero-order valence-electron chi connectivity index (χ0n) is 22.7. The molecule has 9 nitrogen and oxygen atoms in total. The van der Waals surface area contributed by atoms with Crippen LogP contribution < -0.4 is 15.1 Å². The van der Waals surface area contributed by atoms with Crippen molar-refractivity contribution in [3.63, 3.8) is 0 Å². The minimum atomic E-state index is -1.17. The van der Waals surface area contributed by atoms with Gasteiger partial charge in [-0.3, -0.25) is 4.84 Å². The Morgan fingerprint density at radius 1 is 1.05 bits per heavy atom. The van der Waals surface area contributed by atoms with Crippen LogP contribution in [0.25, 0.3) is 10.8 Å².